The van der Waals surface area contributed by atoms with Crippen molar-refractivity contribution in [3.8, 4) is 5.06 Å². The van der Waals surface area contributed by atoms with E-state index in [-0.39, 0.29) is 6.42 Å². The topological polar surface area (TPSA) is 93.8 Å². The fraction of sp³-hybridized carbons (Fsp3) is 0.316. The summed E-state index contributed by atoms with van der Waals surface area (Å²) < 4.78 is 15.4. The van der Waals surface area contributed by atoms with Gasteiger partial charge < -0.3 is 19.2 Å². The van der Waals surface area contributed by atoms with Crippen molar-refractivity contribution in [2.24, 2.45) is 0 Å². The number of benzene rings is 1. The fourth-order valence-corrected chi connectivity index (χ4v) is 3.63. The maximum atomic E-state index is 12.9. The zero-order valence-electron chi connectivity index (χ0n) is 15.8. The highest BCUT2D eigenvalue weighted by molar-refractivity contribution is 7.20. The lowest BCUT2D eigenvalue weighted by atomic mass is 10.2. The second kappa shape index (κ2) is 8.85. The molecule has 2 heterocycles. The number of rotatable bonds is 7. The first-order valence-electron chi connectivity index (χ1n) is 8.62. The maximum Gasteiger partial charge on any atom is 0.420 e. The summed E-state index contributed by atoms with van der Waals surface area (Å²) in [6.45, 7) is 2.14. The van der Waals surface area contributed by atoms with Gasteiger partial charge in [0.25, 0.3) is 0 Å². The third-order valence-electron chi connectivity index (χ3n) is 4.04. The second-order valence-electron chi connectivity index (χ2n) is 6.10. The Bertz CT molecular complexity index is 922. The molecule has 0 bridgehead atoms. The molecule has 8 nitrogen and oxygen atoms in total. The average Bonchev–Trinajstić information content (AvgIpc) is 3.20. The lowest BCUT2D eigenvalue weighted by Crippen LogP contribution is -2.41. The molecule has 1 aromatic carbocycles. The third-order valence-corrected chi connectivity index (χ3v) is 4.94. The number of esters is 1. The van der Waals surface area contributed by atoms with Crippen LogP contribution in [0.2, 0.25) is 0 Å². The molecule has 148 valence electrons. The Labute approximate surface area is 166 Å². The van der Waals surface area contributed by atoms with Crippen LogP contribution in [0, 0.1) is 0 Å². The molecule has 3 rings (SSSR count). The molecule has 0 spiro atoms. The number of hydrogen-bond acceptors (Lipinski definition) is 7. The molecule has 0 aliphatic heterocycles. The number of methoxy groups -OCH3 is 2. The first-order valence-corrected chi connectivity index (χ1v) is 9.43. The predicted octanol–water partition coefficient (Wildman–Crippen LogP) is 3.73. The Hall–Kier alpha value is -2.91. The molecule has 0 saturated heterocycles. The van der Waals surface area contributed by atoms with Gasteiger partial charge in [-0.15, -0.1) is 0 Å². The summed E-state index contributed by atoms with van der Waals surface area (Å²) in [6, 6.07) is 10.3. The lowest BCUT2D eigenvalue weighted by molar-refractivity contribution is -0.140. The number of fused-ring (bicyclic) bond motifs is 1. The van der Waals surface area contributed by atoms with Gasteiger partial charge in [0, 0.05) is 24.9 Å². The fourth-order valence-electron chi connectivity index (χ4n) is 2.77. The van der Waals surface area contributed by atoms with E-state index in [1.165, 1.54) is 23.3 Å². The van der Waals surface area contributed by atoms with Crippen LogP contribution in [0.1, 0.15) is 19.2 Å². The third kappa shape index (κ3) is 4.49. The number of nitrogens with zero attached hydrogens (tertiary/aromatic N) is 2. The first kappa shape index (κ1) is 19.8. The van der Waals surface area contributed by atoms with Crippen LogP contribution >= 0.6 is 11.3 Å². The number of para-hydroxylation sites is 1. The van der Waals surface area contributed by atoms with Crippen LogP contribution in [-0.2, 0) is 20.9 Å². The zero-order valence-corrected chi connectivity index (χ0v) is 16.6. The molecule has 1 unspecified atom stereocenters. The number of thiophene rings is 1. The van der Waals surface area contributed by atoms with E-state index < -0.39 is 18.1 Å². The summed E-state index contributed by atoms with van der Waals surface area (Å²) in [5, 5.41) is 0.411. The summed E-state index contributed by atoms with van der Waals surface area (Å²) in [6.07, 6.45) is -0.531. The van der Waals surface area contributed by atoms with Gasteiger partial charge in [-0.05, 0) is 19.1 Å². The summed E-state index contributed by atoms with van der Waals surface area (Å²) in [4.78, 5) is 34.3. The van der Waals surface area contributed by atoms with E-state index in [0.29, 0.717) is 23.2 Å². The molecule has 0 aliphatic carbocycles. The number of nitrogens with one attached hydrogen (secondary N) is 1. The van der Waals surface area contributed by atoms with E-state index in [1.54, 1.807) is 32.2 Å². The van der Waals surface area contributed by atoms with E-state index in [9.17, 15) is 9.59 Å². The van der Waals surface area contributed by atoms with Gasteiger partial charge in [0.15, 0.2) is 5.06 Å². The number of anilines is 1. The van der Waals surface area contributed by atoms with Gasteiger partial charge in [-0.1, -0.05) is 29.5 Å². The molecule has 0 aliphatic rings. The first-order chi connectivity index (χ1) is 13.5. The van der Waals surface area contributed by atoms with Gasteiger partial charge in [-0.25, -0.2) is 9.78 Å². The van der Waals surface area contributed by atoms with Crippen LogP contribution in [0.5, 0.6) is 5.06 Å². The standard InChI is InChI=1S/C19H21N3O5S/c1-12(9-16(23)26-3)22(13-7-5-4-6-8-13)19(24)27-17-10-14-18(28-17)21-15(20-14)11-25-2/h4-8,10,12H,9,11H2,1-3H3,(H,20,21). The van der Waals surface area contributed by atoms with Crippen LogP contribution in [0.4, 0.5) is 10.5 Å². The van der Waals surface area contributed by atoms with Crippen LogP contribution < -0.4 is 9.64 Å². The van der Waals surface area contributed by atoms with Crippen LogP contribution in [0.15, 0.2) is 36.4 Å². The molecule has 0 fully saturated rings. The van der Waals surface area contributed by atoms with Crippen molar-refractivity contribution >= 4 is 39.4 Å². The average molecular weight is 403 g/mol. The largest absolute Gasteiger partial charge is 0.469 e. The molecular weight excluding hydrogens is 382 g/mol. The van der Waals surface area contributed by atoms with Gasteiger partial charge in [0.1, 0.15) is 17.3 Å². The molecular formula is C19H21N3O5S. The Morgan fingerprint density at radius 3 is 2.64 bits per heavy atom. The number of H-pyrrole nitrogens is 1. The Morgan fingerprint density at radius 1 is 1.25 bits per heavy atom. The molecule has 0 saturated carbocycles. The minimum absolute atomic E-state index is 0.0493. The van der Waals surface area contributed by atoms with Crippen LogP contribution in [0.3, 0.4) is 0 Å². The Morgan fingerprint density at radius 2 is 2.00 bits per heavy atom. The van der Waals surface area contributed by atoms with Crippen molar-refractivity contribution in [2.45, 2.75) is 26.0 Å². The van der Waals surface area contributed by atoms with E-state index >= 15 is 0 Å². The molecule has 1 amide bonds. The smallest absolute Gasteiger partial charge is 0.420 e. The number of ether oxygens (including phenoxy) is 3. The van der Waals surface area contributed by atoms with Crippen molar-refractivity contribution in [3.63, 3.8) is 0 Å². The van der Waals surface area contributed by atoms with Crippen molar-refractivity contribution in [3.05, 3.63) is 42.2 Å². The highest BCUT2D eigenvalue weighted by atomic mass is 32.1. The number of carbonyl (C=O) groups excluding carboxylic acids is 2. The normalized spacial score (nSPS) is 12.0. The van der Waals surface area contributed by atoms with Gasteiger partial charge in [-0.3, -0.25) is 9.69 Å². The quantitative estimate of drug-likeness (QED) is 0.604. The van der Waals surface area contributed by atoms with E-state index in [2.05, 4.69) is 9.97 Å². The zero-order chi connectivity index (χ0) is 20.1. The molecule has 3 aromatic rings. The molecule has 9 heteroatoms. The Kier molecular flexibility index (Phi) is 6.27. The predicted molar refractivity (Wildman–Crippen MR) is 106 cm³/mol. The molecule has 1 N–H and O–H groups in total. The number of hydrogen-bond donors (Lipinski definition) is 1. The van der Waals surface area contributed by atoms with Crippen molar-refractivity contribution in [2.75, 3.05) is 19.1 Å². The number of aromatic amines is 1. The van der Waals surface area contributed by atoms with E-state index in [1.807, 2.05) is 18.2 Å². The molecule has 0 radical (unpaired) electrons. The van der Waals surface area contributed by atoms with E-state index in [0.717, 1.165) is 10.3 Å². The van der Waals surface area contributed by atoms with Crippen molar-refractivity contribution in [1.29, 1.82) is 0 Å². The van der Waals surface area contributed by atoms with E-state index in [4.69, 9.17) is 14.2 Å². The number of imidazole rings is 1. The van der Waals surface area contributed by atoms with Crippen LogP contribution in [-0.4, -0.2) is 42.3 Å². The van der Waals surface area contributed by atoms with Gasteiger partial charge in [0.2, 0.25) is 0 Å². The number of carbonyl (C=O) groups is 2. The summed E-state index contributed by atoms with van der Waals surface area (Å²) in [7, 11) is 2.91. The summed E-state index contributed by atoms with van der Waals surface area (Å²) in [5.41, 5.74) is 1.40. The summed E-state index contributed by atoms with van der Waals surface area (Å²) in [5.74, 6) is 0.305. The number of aromatic nitrogens is 2. The summed E-state index contributed by atoms with van der Waals surface area (Å²) >= 11 is 1.26. The van der Waals surface area contributed by atoms with Gasteiger partial charge in [0.05, 0.1) is 19.0 Å². The minimum Gasteiger partial charge on any atom is -0.469 e. The van der Waals surface area contributed by atoms with Crippen LogP contribution in [0.25, 0.3) is 10.3 Å². The molecule has 28 heavy (non-hydrogen) atoms. The number of amides is 1. The lowest BCUT2D eigenvalue weighted by Gasteiger charge is -2.27. The SMILES string of the molecule is COCc1nc2sc(OC(=O)N(c3ccccc3)C(C)CC(=O)OC)cc2[nH]1. The Balaban J connectivity index is 1.80. The van der Waals surface area contributed by atoms with Crippen molar-refractivity contribution < 1.29 is 23.8 Å². The highest BCUT2D eigenvalue weighted by Crippen LogP contribution is 2.31. The minimum atomic E-state index is -0.580. The highest BCUT2D eigenvalue weighted by Gasteiger charge is 2.27. The second-order valence-corrected chi connectivity index (χ2v) is 7.10. The van der Waals surface area contributed by atoms with Crippen molar-refractivity contribution in [1.82, 2.24) is 9.97 Å². The monoisotopic (exact) mass is 403 g/mol. The van der Waals surface area contributed by atoms with Gasteiger partial charge in [-0.2, -0.15) is 0 Å². The van der Waals surface area contributed by atoms with Gasteiger partial charge >= 0.3 is 12.1 Å². The molecule has 1 atom stereocenters. The maximum absolute atomic E-state index is 12.9. The molecule has 2 aromatic heterocycles.